The molecule has 0 atom stereocenters. The van der Waals surface area contributed by atoms with E-state index in [0.717, 1.165) is 29.6 Å². The Bertz CT molecular complexity index is 430. The van der Waals surface area contributed by atoms with Gasteiger partial charge in [0, 0.05) is 18.0 Å². The summed E-state index contributed by atoms with van der Waals surface area (Å²) in [6.07, 6.45) is 0. The van der Waals surface area contributed by atoms with Crippen molar-refractivity contribution in [3.63, 3.8) is 0 Å². The normalized spacial score (nSPS) is 11.8. The fraction of sp³-hybridized carbons (Fsp3) is 0.714. The zero-order valence-electron chi connectivity index (χ0n) is 12.8. The van der Waals surface area contributed by atoms with Gasteiger partial charge in [0.15, 0.2) is 0 Å². The Hall–Kier alpha value is -1.36. The molecule has 0 aromatic carbocycles. The second kappa shape index (κ2) is 6.19. The van der Waals surface area contributed by atoms with Crippen molar-refractivity contribution in [2.75, 3.05) is 23.8 Å². The van der Waals surface area contributed by atoms with Gasteiger partial charge in [-0.25, -0.2) is 9.97 Å². The number of nitrogens with zero attached hydrogens (tertiary/aromatic N) is 2. The van der Waals surface area contributed by atoms with Gasteiger partial charge in [0.2, 0.25) is 0 Å². The van der Waals surface area contributed by atoms with Gasteiger partial charge in [-0.2, -0.15) is 0 Å². The van der Waals surface area contributed by atoms with Gasteiger partial charge in [0.05, 0.1) is 12.1 Å². The van der Waals surface area contributed by atoms with Crippen LogP contribution >= 0.6 is 0 Å². The second-order valence-corrected chi connectivity index (χ2v) is 5.76. The van der Waals surface area contributed by atoms with Crippen LogP contribution in [0.1, 0.15) is 51.9 Å². The molecule has 0 aliphatic heterocycles. The van der Waals surface area contributed by atoms with Gasteiger partial charge in [0.25, 0.3) is 0 Å². The van der Waals surface area contributed by atoms with E-state index >= 15 is 0 Å². The lowest BCUT2D eigenvalue weighted by atomic mass is 10.1. The van der Waals surface area contributed by atoms with Crippen molar-refractivity contribution in [3.05, 3.63) is 11.4 Å². The lowest BCUT2D eigenvalue weighted by Crippen LogP contribution is -2.36. The van der Waals surface area contributed by atoms with Gasteiger partial charge < -0.3 is 15.7 Å². The number of rotatable bonds is 6. The minimum absolute atomic E-state index is 0.0456. The van der Waals surface area contributed by atoms with E-state index in [-0.39, 0.29) is 12.5 Å². The molecular weight excluding hydrogens is 240 g/mol. The number of hydrogen-bond donors (Lipinski definition) is 3. The van der Waals surface area contributed by atoms with E-state index in [4.69, 9.17) is 0 Å². The van der Waals surface area contributed by atoms with Crippen LogP contribution < -0.4 is 10.6 Å². The zero-order valence-corrected chi connectivity index (χ0v) is 12.8. The molecule has 1 heterocycles. The summed E-state index contributed by atoms with van der Waals surface area (Å²) in [5, 5.41) is 15.9. The Morgan fingerprint density at radius 1 is 1.21 bits per heavy atom. The number of anilines is 2. The van der Waals surface area contributed by atoms with E-state index in [9.17, 15) is 5.11 Å². The van der Waals surface area contributed by atoms with Crippen LogP contribution in [0, 0.1) is 6.92 Å². The molecule has 3 N–H and O–H groups in total. The number of nitrogens with one attached hydrogen (secondary N) is 2. The van der Waals surface area contributed by atoms with Crippen molar-refractivity contribution in [1.29, 1.82) is 0 Å². The fourth-order valence-corrected chi connectivity index (χ4v) is 1.61. The summed E-state index contributed by atoms with van der Waals surface area (Å²) in [4.78, 5) is 9.13. The topological polar surface area (TPSA) is 70.1 Å². The summed E-state index contributed by atoms with van der Waals surface area (Å²) in [6.45, 7) is 12.9. The summed E-state index contributed by atoms with van der Waals surface area (Å²) in [5.41, 5.74) is 0.574. The van der Waals surface area contributed by atoms with E-state index in [2.05, 4.69) is 34.4 Å². The average Bonchev–Trinajstić information content (AvgIpc) is 2.33. The Morgan fingerprint density at radius 2 is 1.79 bits per heavy atom. The molecule has 1 rings (SSSR count). The smallest absolute Gasteiger partial charge is 0.135 e. The van der Waals surface area contributed by atoms with E-state index in [1.54, 1.807) is 0 Å². The third-order valence-electron chi connectivity index (χ3n) is 2.88. The van der Waals surface area contributed by atoms with Gasteiger partial charge in [-0.05, 0) is 27.7 Å². The number of aromatic nitrogens is 2. The van der Waals surface area contributed by atoms with Crippen LogP contribution in [-0.2, 0) is 0 Å². The Morgan fingerprint density at radius 3 is 2.26 bits per heavy atom. The van der Waals surface area contributed by atoms with Crippen molar-refractivity contribution in [2.24, 2.45) is 0 Å². The van der Waals surface area contributed by atoms with Crippen molar-refractivity contribution >= 4 is 11.6 Å². The van der Waals surface area contributed by atoms with Gasteiger partial charge in [-0.3, -0.25) is 0 Å². The van der Waals surface area contributed by atoms with Crippen molar-refractivity contribution in [1.82, 2.24) is 9.97 Å². The molecule has 108 valence electrons. The van der Waals surface area contributed by atoms with E-state index in [1.807, 2.05) is 27.7 Å². The highest BCUT2D eigenvalue weighted by Crippen LogP contribution is 2.25. The molecule has 1 aromatic heterocycles. The molecule has 0 radical (unpaired) electrons. The van der Waals surface area contributed by atoms with Crippen molar-refractivity contribution < 1.29 is 5.11 Å². The SMILES string of the molecule is CCNc1nc(C(C)C)nc(NC(C)(C)CO)c1C. The van der Waals surface area contributed by atoms with Gasteiger partial charge in [-0.1, -0.05) is 13.8 Å². The third kappa shape index (κ3) is 4.06. The van der Waals surface area contributed by atoms with Gasteiger partial charge in [0.1, 0.15) is 17.5 Å². The first kappa shape index (κ1) is 15.7. The predicted octanol–water partition coefficient (Wildman–Crippen LogP) is 2.52. The summed E-state index contributed by atoms with van der Waals surface area (Å²) in [6, 6.07) is 0. The molecule has 0 amide bonds. The second-order valence-electron chi connectivity index (χ2n) is 5.76. The number of aliphatic hydroxyl groups excluding tert-OH is 1. The molecule has 0 bridgehead atoms. The number of hydrogen-bond acceptors (Lipinski definition) is 5. The average molecular weight is 266 g/mol. The minimum atomic E-state index is -0.406. The number of aliphatic hydroxyl groups is 1. The van der Waals surface area contributed by atoms with Crippen LogP contribution in [0.4, 0.5) is 11.6 Å². The molecule has 0 saturated heterocycles. The van der Waals surface area contributed by atoms with Crippen LogP contribution in [-0.4, -0.2) is 33.8 Å². The van der Waals surface area contributed by atoms with Crippen LogP contribution in [0.25, 0.3) is 0 Å². The predicted molar refractivity (Wildman–Crippen MR) is 79.8 cm³/mol. The first-order chi connectivity index (χ1) is 8.80. The molecule has 0 unspecified atom stereocenters. The monoisotopic (exact) mass is 266 g/mol. The van der Waals surface area contributed by atoms with Crippen LogP contribution in [0.15, 0.2) is 0 Å². The maximum atomic E-state index is 9.38. The van der Waals surface area contributed by atoms with Crippen LogP contribution in [0.5, 0.6) is 0 Å². The Balaban J connectivity index is 3.21. The highest BCUT2D eigenvalue weighted by Gasteiger charge is 2.20. The van der Waals surface area contributed by atoms with E-state index in [0.29, 0.717) is 0 Å². The Labute approximate surface area is 115 Å². The Kier molecular flexibility index (Phi) is 5.11. The summed E-state index contributed by atoms with van der Waals surface area (Å²) in [5.74, 6) is 2.71. The van der Waals surface area contributed by atoms with Crippen LogP contribution in [0.3, 0.4) is 0 Å². The molecule has 19 heavy (non-hydrogen) atoms. The quantitative estimate of drug-likeness (QED) is 0.738. The third-order valence-corrected chi connectivity index (χ3v) is 2.88. The first-order valence-electron chi connectivity index (χ1n) is 6.82. The fourth-order valence-electron chi connectivity index (χ4n) is 1.61. The van der Waals surface area contributed by atoms with Crippen molar-refractivity contribution in [3.8, 4) is 0 Å². The summed E-state index contributed by atoms with van der Waals surface area (Å²) >= 11 is 0. The van der Waals surface area contributed by atoms with Crippen molar-refractivity contribution in [2.45, 2.75) is 53.0 Å². The largest absolute Gasteiger partial charge is 0.394 e. The molecule has 1 aromatic rings. The van der Waals surface area contributed by atoms with E-state index in [1.165, 1.54) is 0 Å². The molecule has 0 saturated carbocycles. The summed E-state index contributed by atoms with van der Waals surface area (Å²) < 4.78 is 0. The molecule has 0 aliphatic rings. The molecule has 0 spiro atoms. The molecule has 0 aliphatic carbocycles. The van der Waals surface area contributed by atoms with Gasteiger partial charge >= 0.3 is 0 Å². The lowest BCUT2D eigenvalue weighted by Gasteiger charge is -2.26. The standard InChI is InChI=1S/C14H26N4O/c1-7-15-12-10(4)13(18-14(5,6)8-19)17-11(16-12)9(2)3/h9,19H,7-8H2,1-6H3,(H2,15,16,17,18). The highest BCUT2D eigenvalue weighted by molar-refractivity contribution is 5.58. The highest BCUT2D eigenvalue weighted by atomic mass is 16.3. The molecule has 5 nitrogen and oxygen atoms in total. The maximum Gasteiger partial charge on any atom is 0.135 e. The van der Waals surface area contributed by atoms with E-state index < -0.39 is 5.54 Å². The lowest BCUT2D eigenvalue weighted by molar-refractivity contribution is 0.233. The zero-order chi connectivity index (χ0) is 14.6. The molecular formula is C14H26N4O. The molecule has 0 fully saturated rings. The van der Waals surface area contributed by atoms with Gasteiger partial charge in [-0.15, -0.1) is 0 Å². The molecule has 5 heteroatoms. The summed E-state index contributed by atoms with van der Waals surface area (Å²) in [7, 11) is 0. The minimum Gasteiger partial charge on any atom is -0.394 e. The maximum absolute atomic E-state index is 9.38. The van der Waals surface area contributed by atoms with Crippen LogP contribution in [0.2, 0.25) is 0 Å². The first-order valence-corrected chi connectivity index (χ1v) is 6.82.